The van der Waals surface area contributed by atoms with Crippen LogP contribution in [0.15, 0.2) is 18.2 Å². The second-order valence-electron chi connectivity index (χ2n) is 13.0. The zero-order valence-electron chi connectivity index (χ0n) is 22.7. The summed E-state index contributed by atoms with van der Waals surface area (Å²) in [7, 11) is 0. The summed E-state index contributed by atoms with van der Waals surface area (Å²) in [6.45, 7) is 5.39. The molecule has 4 saturated carbocycles. The standard InChI is InChI=1S/C33H51FO/c1-3-35-31-19-16-27(17-20-31)26-12-14-29(15-13-26)32-21-18-30(22-33(32)34)28-10-8-25(9-11-28)24-6-4-23(2)5-7-24/h18,21-29,31H,3-17,19-20H2,1-2H3. The van der Waals surface area contributed by atoms with E-state index < -0.39 is 0 Å². The molecule has 1 aromatic rings. The number of halogens is 1. The van der Waals surface area contributed by atoms with Crippen molar-refractivity contribution in [2.45, 2.75) is 135 Å². The fourth-order valence-electron chi connectivity index (χ4n) is 8.67. The molecule has 5 rings (SSSR count). The Morgan fingerprint density at radius 3 is 1.66 bits per heavy atom. The number of hydrogen-bond donors (Lipinski definition) is 0. The monoisotopic (exact) mass is 482 g/mol. The average molecular weight is 483 g/mol. The fraction of sp³-hybridized carbons (Fsp3) is 0.818. The Balaban J connectivity index is 1.09. The average Bonchev–Trinajstić information content (AvgIpc) is 2.90. The molecule has 0 heterocycles. The van der Waals surface area contributed by atoms with E-state index in [1.54, 1.807) is 0 Å². The highest BCUT2D eigenvalue weighted by molar-refractivity contribution is 5.30. The molecule has 0 N–H and O–H groups in total. The lowest BCUT2D eigenvalue weighted by Gasteiger charge is -2.38. The second kappa shape index (κ2) is 12.1. The summed E-state index contributed by atoms with van der Waals surface area (Å²) in [5.41, 5.74) is 2.29. The number of benzene rings is 1. The van der Waals surface area contributed by atoms with E-state index in [1.165, 1.54) is 108 Å². The first-order chi connectivity index (χ1) is 17.1. The molecule has 0 aliphatic heterocycles. The van der Waals surface area contributed by atoms with E-state index in [1.807, 2.05) is 6.07 Å². The van der Waals surface area contributed by atoms with E-state index in [-0.39, 0.29) is 5.82 Å². The van der Waals surface area contributed by atoms with E-state index in [4.69, 9.17) is 4.74 Å². The number of hydrogen-bond acceptors (Lipinski definition) is 1. The van der Waals surface area contributed by atoms with E-state index in [0.717, 1.165) is 41.8 Å². The Morgan fingerprint density at radius 1 is 0.657 bits per heavy atom. The topological polar surface area (TPSA) is 9.23 Å². The number of ether oxygens (including phenoxy) is 1. The summed E-state index contributed by atoms with van der Waals surface area (Å²) < 4.78 is 21.2. The fourth-order valence-corrected chi connectivity index (χ4v) is 8.67. The number of rotatable bonds is 6. The normalized spacial score (nSPS) is 38.8. The van der Waals surface area contributed by atoms with Gasteiger partial charge in [-0.15, -0.1) is 0 Å². The van der Waals surface area contributed by atoms with Gasteiger partial charge in [-0.3, -0.25) is 0 Å². The van der Waals surface area contributed by atoms with Gasteiger partial charge in [-0.05, 0) is 155 Å². The summed E-state index contributed by atoms with van der Waals surface area (Å²) in [5.74, 6) is 5.70. The van der Waals surface area contributed by atoms with Crippen LogP contribution >= 0.6 is 0 Å². The molecular weight excluding hydrogens is 431 g/mol. The molecule has 4 aliphatic carbocycles. The van der Waals surface area contributed by atoms with Gasteiger partial charge in [0, 0.05) is 6.61 Å². The van der Waals surface area contributed by atoms with Gasteiger partial charge in [-0.1, -0.05) is 31.9 Å². The zero-order chi connectivity index (χ0) is 24.2. The lowest BCUT2D eigenvalue weighted by atomic mass is 9.68. The van der Waals surface area contributed by atoms with Crippen molar-refractivity contribution < 1.29 is 9.13 Å². The predicted octanol–water partition coefficient (Wildman–Crippen LogP) is 9.79. The van der Waals surface area contributed by atoms with Gasteiger partial charge in [0.2, 0.25) is 0 Å². The van der Waals surface area contributed by atoms with Gasteiger partial charge in [-0.25, -0.2) is 4.39 Å². The maximum absolute atomic E-state index is 15.3. The van der Waals surface area contributed by atoms with Crippen LogP contribution in [0.4, 0.5) is 4.39 Å². The van der Waals surface area contributed by atoms with Crippen LogP contribution in [0.5, 0.6) is 0 Å². The summed E-state index contributed by atoms with van der Waals surface area (Å²) >= 11 is 0. The third-order valence-corrected chi connectivity index (χ3v) is 11.0. The quantitative estimate of drug-likeness (QED) is 0.392. The van der Waals surface area contributed by atoms with Crippen molar-refractivity contribution in [1.82, 2.24) is 0 Å². The van der Waals surface area contributed by atoms with Crippen LogP contribution in [0.3, 0.4) is 0 Å². The minimum Gasteiger partial charge on any atom is -0.379 e. The molecule has 1 nitrogen and oxygen atoms in total. The van der Waals surface area contributed by atoms with Crippen molar-refractivity contribution in [3.8, 4) is 0 Å². The van der Waals surface area contributed by atoms with Gasteiger partial charge in [0.25, 0.3) is 0 Å². The Morgan fingerprint density at radius 2 is 1.14 bits per heavy atom. The lowest BCUT2D eigenvalue weighted by molar-refractivity contribution is 0.0145. The molecule has 0 bridgehead atoms. The van der Waals surface area contributed by atoms with Crippen molar-refractivity contribution in [2.24, 2.45) is 29.6 Å². The molecule has 4 aliphatic rings. The van der Waals surface area contributed by atoms with Crippen molar-refractivity contribution in [3.63, 3.8) is 0 Å². The van der Waals surface area contributed by atoms with Crippen molar-refractivity contribution in [1.29, 1.82) is 0 Å². The van der Waals surface area contributed by atoms with Gasteiger partial charge in [-0.2, -0.15) is 0 Å². The van der Waals surface area contributed by atoms with Crippen LogP contribution < -0.4 is 0 Å². The summed E-state index contributed by atoms with van der Waals surface area (Å²) in [6, 6.07) is 6.41. The minimum absolute atomic E-state index is 0.0894. The van der Waals surface area contributed by atoms with Crippen molar-refractivity contribution in [3.05, 3.63) is 35.1 Å². The third kappa shape index (κ3) is 6.34. The molecule has 1 aromatic carbocycles. The third-order valence-electron chi connectivity index (χ3n) is 11.0. The van der Waals surface area contributed by atoms with Crippen LogP contribution in [-0.2, 0) is 4.74 Å². The smallest absolute Gasteiger partial charge is 0.126 e. The van der Waals surface area contributed by atoms with Gasteiger partial charge in [0.05, 0.1) is 6.10 Å². The van der Waals surface area contributed by atoms with Gasteiger partial charge < -0.3 is 4.74 Å². The second-order valence-corrected chi connectivity index (χ2v) is 13.0. The van der Waals surface area contributed by atoms with Gasteiger partial charge in [0.1, 0.15) is 5.82 Å². The van der Waals surface area contributed by atoms with Gasteiger partial charge in [0.15, 0.2) is 0 Å². The Labute approximate surface area is 215 Å². The largest absolute Gasteiger partial charge is 0.379 e. The molecule has 2 heteroatoms. The summed E-state index contributed by atoms with van der Waals surface area (Å²) in [6.07, 6.45) is 21.7. The highest BCUT2D eigenvalue weighted by atomic mass is 19.1. The first-order valence-electron chi connectivity index (χ1n) is 15.5. The molecule has 0 atom stereocenters. The predicted molar refractivity (Wildman–Crippen MR) is 144 cm³/mol. The first-order valence-corrected chi connectivity index (χ1v) is 15.5. The summed E-state index contributed by atoms with van der Waals surface area (Å²) in [5, 5.41) is 0. The first kappa shape index (κ1) is 25.7. The molecule has 0 saturated heterocycles. The van der Waals surface area contributed by atoms with Crippen LogP contribution in [0, 0.1) is 35.4 Å². The molecule has 0 spiro atoms. The maximum atomic E-state index is 15.3. The van der Waals surface area contributed by atoms with Crippen LogP contribution in [0.1, 0.15) is 140 Å². The molecular formula is C33H51FO. The SMILES string of the molecule is CCOC1CCC(C2CCC(c3ccc(C4CCC(C5CCC(C)CC5)CC4)cc3F)CC2)CC1. The van der Waals surface area contributed by atoms with Crippen molar-refractivity contribution in [2.75, 3.05) is 6.61 Å². The Hall–Kier alpha value is -0.890. The molecule has 0 unspecified atom stereocenters. The lowest BCUT2D eigenvalue weighted by Crippen LogP contribution is -2.28. The maximum Gasteiger partial charge on any atom is 0.126 e. The van der Waals surface area contributed by atoms with E-state index in [0.29, 0.717) is 17.9 Å². The van der Waals surface area contributed by atoms with Crippen molar-refractivity contribution >= 4 is 0 Å². The molecule has 0 amide bonds. The Kier molecular flexibility index (Phi) is 8.90. The minimum atomic E-state index is 0.0894. The molecule has 4 fully saturated rings. The van der Waals surface area contributed by atoms with Crippen LogP contribution in [0.2, 0.25) is 0 Å². The van der Waals surface area contributed by atoms with E-state index >= 15 is 4.39 Å². The Bertz CT molecular complexity index is 772. The molecule has 0 radical (unpaired) electrons. The highest BCUT2D eigenvalue weighted by Crippen LogP contribution is 2.46. The zero-order valence-corrected chi connectivity index (χ0v) is 22.7. The van der Waals surface area contributed by atoms with E-state index in [9.17, 15) is 0 Å². The van der Waals surface area contributed by atoms with Crippen LogP contribution in [0.25, 0.3) is 0 Å². The highest BCUT2D eigenvalue weighted by Gasteiger charge is 2.33. The molecule has 35 heavy (non-hydrogen) atoms. The van der Waals surface area contributed by atoms with Gasteiger partial charge >= 0.3 is 0 Å². The molecule has 0 aromatic heterocycles. The molecule has 196 valence electrons. The van der Waals surface area contributed by atoms with E-state index in [2.05, 4.69) is 26.0 Å². The van der Waals surface area contributed by atoms with Crippen LogP contribution in [-0.4, -0.2) is 12.7 Å². The summed E-state index contributed by atoms with van der Waals surface area (Å²) in [4.78, 5) is 0.